The number of esters is 1. The number of rotatable bonds is 4. The summed E-state index contributed by atoms with van der Waals surface area (Å²) in [6.07, 6.45) is -4.88. The molecule has 0 aromatic carbocycles. The number of alkyl halides is 3. The summed E-state index contributed by atoms with van der Waals surface area (Å²) < 4.78 is 41.6. The average Bonchev–Trinajstić information content (AvgIpc) is 2.15. The van der Waals surface area contributed by atoms with Crippen LogP contribution in [0.4, 0.5) is 13.2 Å². The zero-order valence-corrected chi connectivity index (χ0v) is 9.62. The number of carboxylic acids is 1. The molecular formula is C9H14F3NO5. The van der Waals surface area contributed by atoms with Gasteiger partial charge in [0.05, 0.1) is 12.7 Å². The van der Waals surface area contributed by atoms with Crippen molar-refractivity contribution in [1.29, 1.82) is 0 Å². The Morgan fingerprint density at radius 2 is 1.89 bits per heavy atom. The Morgan fingerprint density at radius 3 is 2.17 bits per heavy atom. The van der Waals surface area contributed by atoms with E-state index in [1.54, 1.807) is 6.92 Å². The molecule has 6 nitrogen and oxygen atoms in total. The molecule has 0 atom stereocenters. The first-order valence-electron chi connectivity index (χ1n) is 5.05. The highest BCUT2D eigenvalue weighted by Crippen LogP contribution is 2.13. The largest absolute Gasteiger partial charge is 0.490 e. The zero-order chi connectivity index (χ0) is 14.2. The van der Waals surface area contributed by atoms with Crippen LogP contribution in [0.2, 0.25) is 0 Å². The van der Waals surface area contributed by atoms with Gasteiger partial charge in [0.1, 0.15) is 6.61 Å². The van der Waals surface area contributed by atoms with Crippen molar-refractivity contribution in [2.24, 2.45) is 0 Å². The van der Waals surface area contributed by atoms with E-state index < -0.39 is 12.1 Å². The van der Waals surface area contributed by atoms with Crippen molar-refractivity contribution >= 4 is 11.9 Å². The van der Waals surface area contributed by atoms with Gasteiger partial charge in [0.15, 0.2) is 0 Å². The Morgan fingerprint density at radius 1 is 1.39 bits per heavy atom. The minimum Gasteiger partial charge on any atom is -0.475 e. The van der Waals surface area contributed by atoms with Crippen LogP contribution >= 0.6 is 0 Å². The van der Waals surface area contributed by atoms with Gasteiger partial charge < -0.3 is 19.9 Å². The second-order valence-electron chi connectivity index (χ2n) is 3.20. The molecule has 1 aliphatic rings. The molecule has 0 aromatic heterocycles. The van der Waals surface area contributed by atoms with E-state index in [1.807, 2.05) is 0 Å². The normalized spacial score (nSPS) is 15.1. The van der Waals surface area contributed by atoms with Gasteiger partial charge in [-0.15, -0.1) is 0 Å². The van der Waals surface area contributed by atoms with Gasteiger partial charge in [-0.25, -0.2) is 9.59 Å². The van der Waals surface area contributed by atoms with Gasteiger partial charge in [-0.05, 0) is 6.92 Å². The van der Waals surface area contributed by atoms with E-state index in [9.17, 15) is 18.0 Å². The number of hydrogen-bond donors (Lipinski definition) is 2. The van der Waals surface area contributed by atoms with Crippen LogP contribution in [0.25, 0.3) is 0 Å². The Balaban J connectivity index is 0.000000360. The van der Waals surface area contributed by atoms with Gasteiger partial charge in [0.2, 0.25) is 0 Å². The maximum absolute atomic E-state index is 10.7. The summed E-state index contributed by atoms with van der Waals surface area (Å²) in [5.41, 5.74) is 0. The fraction of sp³-hybridized carbons (Fsp3) is 0.778. The summed E-state index contributed by atoms with van der Waals surface area (Å²) in [5, 5.41) is 10.2. The van der Waals surface area contributed by atoms with Crippen molar-refractivity contribution in [1.82, 2.24) is 5.32 Å². The van der Waals surface area contributed by atoms with E-state index in [4.69, 9.17) is 14.6 Å². The van der Waals surface area contributed by atoms with Gasteiger partial charge in [0, 0.05) is 13.1 Å². The smallest absolute Gasteiger partial charge is 0.475 e. The first-order chi connectivity index (χ1) is 8.27. The lowest BCUT2D eigenvalue weighted by Gasteiger charge is -2.26. The summed E-state index contributed by atoms with van der Waals surface area (Å²) >= 11 is 0. The van der Waals surface area contributed by atoms with E-state index in [0.717, 1.165) is 13.1 Å². The molecule has 0 amide bonds. The summed E-state index contributed by atoms with van der Waals surface area (Å²) in [5.74, 6) is -3.04. The van der Waals surface area contributed by atoms with Crippen molar-refractivity contribution in [2.45, 2.75) is 19.2 Å². The van der Waals surface area contributed by atoms with Gasteiger partial charge in [0.25, 0.3) is 0 Å². The van der Waals surface area contributed by atoms with Crippen LogP contribution in [0.3, 0.4) is 0 Å². The van der Waals surface area contributed by atoms with E-state index in [-0.39, 0.29) is 18.7 Å². The van der Waals surface area contributed by atoms with Crippen LogP contribution in [0.5, 0.6) is 0 Å². The first-order valence-corrected chi connectivity index (χ1v) is 5.05. The highest BCUT2D eigenvalue weighted by atomic mass is 19.4. The molecule has 1 aliphatic heterocycles. The molecule has 0 spiro atoms. The van der Waals surface area contributed by atoms with E-state index in [2.05, 4.69) is 10.1 Å². The van der Waals surface area contributed by atoms with Crippen LogP contribution in [-0.4, -0.2) is 55.6 Å². The second-order valence-corrected chi connectivity index (χ2v) is 3.20. The monoisotopic (exact) mass is 273 g/mol. The molecule has 1 rings (SSSR count). The van der Waals surface area contributed by atoms with Crippen LogP contribution in [0, 0.1) is 0 Å². The summed E-state index contributed by atoms with van der Waals surface area (Å²) in [6.45, 7) is 3.98. The third kappa shape index (κ3) is 7.85. The molecule has 1 fully saturated rings. The molecule has 0 aromatic rings. The minimum absolute atomic E-state index is 0.0835. The highest BCUT2D eigenvalue weighted by molar-refractivity contribution is 5.73. The van der Waals surface area contributed by atoms with Crippen LogP contribution in [-0.2, 0) is 19.1 Å². The number of nitrogens with one attached hydrogen (secondary N) is 1. The summed E-state index contributed by atoms with van der Waals surface area (Å²) in [7, 11) is 0. The topological polar surface area (TPSA) is 84.9 Å². The van der Waals surface area contributed by atoms with Crippen molar-refractivity contribution < 1.29 is 37.3 Å². The Bertz CT molecular complexity index is 278. The number of hydrogen-bond acceptors (Lipinski definition) is 5. The lowest BCUT2D eigenvalue weighted by atomic mass is 10.2. The maximum atomic E-state index is 10.7. The maximum Gasteiger partial charge on any atom is 0.490 e. The van der Waals surface area contributed by atoms with E-state index in [1.165, 1.54) is 0 Å². The molecule has 1 saturated heterocycles. The lowest BCUT2D eigenvalue weighted by Crippen LogP contribution is -2.49. The summed E-state index contributed by atoms with van der Waals surface area (Å²) in [6, 6.07) is 0. The predicted octanol–water partition coefficient (Wildman–Crippen LogP) is 0.171. The van der Waals surface area contributed by atoms with Crippen molar-refractivity contribution in [3.05, 3.63) is 0 Å². The number of aliphatic carboxylic acids is 1. The van der Waals surface area contributed by atoms with Gasteiger partial charge in [-0.3, -0.25) is 0 Å². The number of ether oxygens (including phenoxy) is 2. The number of carbonyl (C=O) groups excluding carboxylic acids is 1. The molecule has 1 heterocycles. The SMILES string of the molecule is CCOC(=O)COC1CNC1.O=C(O)C(F)(F)F. The quantitative estimate of drug-likeness (QED) is 0.710. The van der Waals surface area contributed by atoms with Crippen molar-refractivity contribution in [3.63, 3.8) is 0 Å². The molecule has 0 bridgehead atoms. The molecule has 18 heavy (non-hydrogen) atoms. The number of carbonyl (C=O) groups is 2. The zero-order valence-electron chi connectivity index (χ0n) is 9.62. The summed E-state index contributed by atoms with van der Waals surface area (Å²) in [4.78, 5) is 19.6. The van der Waals surface area contributed by atoms with Gasteiger partial charge >= 0.3 is 18.1 Å². The molecule has 0 radical (unpaired) electrons. The fourth-order valence-corrected chi connectivity index (χ4v) is 0.769. The van der Waals surface area contributed by atoms with Crippen molar-refractivity contribution in [3.8, 4) is 0 Å². The Hall–Kier alpha value is -1.35. The molecule has 2 N–H and O–H groups in total. The standard InChI is InChI=1S/C7H13NO3.C2HF3O2/c1-2-10-7(9)5-11-6-3-8-4-6;3-2(4,5)1(6)7/h6,8H,2-5H2,1H3;(H,6,7). The fourth-order valence-electron chi connectivity index (χ4n) is 0.769. The minimum atomic E-state index is -5.08. The highest BCUT2D eigenvalue weighted by Gasteiger charge is 2.38. The predicted molar refractivity (Wildman–Crippen MR) is 52.9 cm³/mol. The average molecular weight is 273 g/mol. The third-order valence-corrected chi connectivity index (χ3v) is 1.73. The van der Waals surface area contributed by atoms with Crippen LogP contribution < -0.4 is 5.32 Å². The lowest BCUT2D eigenvalue weighted by molar-refractivity contribution is -0.192. The third-order valence-electron chi connectivity index (χ3n) is 1.73. The van der Waals surface area contributed by atoms with Crippen molar-refractivity contribution in [2.75, 3.05) is 26.3 Å². The second kappa shape index (κ2) is 7.88. The number of halogens is 3. The molecular weight excluding hydrogens is 259 g/mol. The first kappa shape index (κ1) is 16.6. The Labute approximate surface area is 101 Å². The Kier molecular flexibility index (Phi) is 7.29. The molecule has 9 heteroatoms. The van der Waals surface area contributed by atoms with Gasteiger partial charge in [-0.2, -0.15) is 13.2 Å². The molecule has 0 saturated carbocycles. The molecule has 106 valence electrons. The van der Waals surface area contributed by atoms with Crippen LogP contribution in [0.15, 0.2) is 0 Å². The molecule has 0 unspecified atom stereocenters. The van der Waals surface area contributed by atoms with E-state index >= 15 is 0 Å². The van der Waals surface area contributed by atoms with Crippen LogP contribution in [0.1, 0.15) is 6.92 Å². The molecule has 0 aliphatic carbocycles. The van der Waals surface area contributed by atoms with Gasteiger partial charge in [-0.1, -0.05) is 0 Å². The number of carboxylic acid groups (broad SMARTS) is 1. The van der Waals surface area contributed by atoms with E-state index in [0.29, 0.717) is 6.61 Å².